The predicted molar refractivity (Wildman–Crippen MR) is 133 cm³/mol. The molecule has 0 radical (unpaired) electrons. The van der Waals surface area contributed by atoms with Crippen LogP contribution in [0, 0.1) is 23.5 Å². The second-order valence-corrected chi connectivity index (χ2v) is 10.4. The first-order chi connectivity index (χ1) is 17.6. The molecule has 0 saturated carbocycles. The number of piperazine rings is 1. The molecule has 3 atom stereocenters. The minimum Gasteiger partial charge on any atom is -0.395 e. The highest BCUT2D eigenvalue weighted by atomic mass is 19.1. The van der Waals surface area contributed by atoms with Crippen molar-refractivity contribution < 1.29 is 28.3 Å². The number of rotatable bonds is 8. The number of carbonyl (C=O) groups is 3. The molecule has 7 nitrogen and oxygen atoms in total. The molecule has 1 aliphatic heterocycles. The van der Waals surface area contributed by atoms with Gasteiger partial charge in [-0.2, -0.15) is 0 Å². The Hall–Kier alpha value is -3.33. The van der Waals surface area contributed by atoms with Crippen LogP contribution in [-0.2, 0) is 27.2 Å². The van der Waals surface area contributed by atoms with Gasteiger partial charge in [-0.3, -0.25) is 14.4 Å². The molecule has 0 spiro atoms. The van der Waals surface area contributed by atoms with E-state index < -0.39 is 47.5 Å². The van der Waals surface area contributed by atoms with Crippen LogP contribution in [0.15, 0.2) is 42.5 Å². The van der Waals surface area contributed by atoms with E-state index in [4.69, 9.17) is 0 Å². The zero-order chi connectivity index (χ0) is 26.9. The summed E-state index contributed by atoms with van der Waals surface area (Å²) < 4.78 is 29.0. The first kappa shape index (κ1) is 26.7. The Labute approximate surface area is 215 Å². The topological polar surface area (TPSA) is 90.0 Å². The molecule has 3 amide bonds. The van der Waals surface area contributed by atoms with Crippen molar-refractivity contribution in [2.75, 3.05) is 20.2 Å². The maximum atomic E-state index is 15.2. The summed E-state index contributed by atoms with van der Waals surface area (Å²) in [6.07, 6.45) is 1.43. The molecule has 0 aromatic heterocycles. The van der Waals surface area contributed by atoms with Crippen molar-refractivity contribution in [3.8, 4) is 0 Å². The summed E-state index contributed by atoms with van der Waals surface area (Å²) >= 11 is 0. The van der Waals surface area contributed by atoms with Gasteiger partial charge in [-0.15, -0.1) is 0 Å². The summed E-state index contributed by atoms with van der Waals surface area (Å²) in [6.45, 7) is 3.39. The molecule has 9 heteroatoms. The van der Waals surface area contributed by atoms with E-state index in [1.54, 1.807) is 0 Å². The molecule has 1 heterocycles. The van der Waals surface area contributed by atoms with Crippen LogP contribution in [0.4, 0.5) is 8.78 Å². The number of halogens is 2. The van der Waals surface area contributed by atoms with Gasteiger partial charge in [-0.25, -0.2) is 8.78 Å². The summed E-state index contributed by atoms with van der Waals surface area (Å²) in [7, 11) is 1.43. The third-order valence-corrected chi connectivity index (χ3v) is 7.29. The highest BCUT2D eigenvalue weighted by Gasteiger charge is 2.50. The van der Waals surface area contributed by atoms with Crippen molar-refractivity contribution in [3.05, 3.63) is 70.8 Å². The van der Waals surface area contributed by atoms with E-state index in [-0.39, 0.29) is 37.0 Å². The average molecular weight is 514 g/mol. The third kappa shape index (κ3) is 5.37. The molecule has 2 aliphatic rings. The van der Waals surface area contributed by atoms with Gasteiger partial charge >= 0.3 is 0 Å². The first-order valence-electron chi connectivity index (χ1n) is 12.6. The van der Waals surface area contributed by atoms with Crippen LogP contribution in [-0.4, -0.2) is 64.9 Å². The Morgan fingerprint density at radius 3 is 2.35 bits per heavy atom. The van der Waals surface area contributed by atoms with Gasteiger partial charge in [0, 0.05) is 25.2 Å². The van der Waals surface area contributed by atoms with Crippen molar-refractivity contribution >= 4 is 17.7 Å². The van der Waals surface area contributed by atoms with Crippen LogP contribution in [0.2, 0.25) is 0 Å². The van der Waals surface area contributed by atoms with E-state index in [9.17, 15) is 23.9 Å². The Bertz CT molecular complexity index is 1160. The number of nitrogens with one attached hydrogen (secondary N) is 1. The number of fused-ring (bicyclic) bond motifs is 1. The van der Waals surface area contributed by atoms with Crippen LogP contribution < -0.4 is 5.32 Å². The molecule has 1 fully saturated rings. The van der Waals surface area contributed by atoms with Gasteiger partial charge < -0.3 is 20.2 Å². The molecular formula is C28H33F2N3O4. The highest BCUT2D eigenvalue weighted by Crippen LogP contribution is 2.36. The maximum Gasteiger partial charge on any atom is 0.249 e. The molecule has 2 aromatic carbocycles. The second-order valence-electron chi connectivity index (χ2n) is 10.4. The number of hydrogen-bond acceptors (Lipinski definition) is 4. The van der Waals surface area contributed by atoms with Crippen LogP contribution in [0.1, 0.15) is 43.0 Å². The fourth-order valence-electron chi connectivity index (χ4n) is 5.47. The van der Waals surface area contributed by atoms with Crippen molar-refractivity contribution in [3.63, 3.8) is 0 Å². The van der Waals surface area contributed by atoms with Crippen molar-refractivity contribution in [1.82, 2.24) is 15.1 Å². The number of nitrogens with zero attached hydrogens (tertiary/aromatic N) is 2. The van der Waals surface area contributed by atoms with E-state index >= 15 is 4.39 Å². The van der Waals surface area contributed by atoms with Gasteiger partial charge in [0.05, 0.1) is 6.61 Å². The van der Waals surface area contributed by atoms with Gasteiger partial charge in [0.15, 0.2) is 0 Å². The molecule has 1 saturated heterocycles. The lowest BCUT2D eigenvalue weighted by molar-refractivity contribution is -0.160. The number of hydrogen-bond donors (Lipinski definition) is 2. The molecular weight excluding hydrogens is 480 g/mol. The van der Waals surface area contributed by atoms with Gasteiger partial charge in [-0.05, 0) is 48.3 Å². The summed E-state index contributed by atoms with van der Waals surface area (Å²) in [5.41, 5.74) is 2.01. The SMILES string of the molecule is CC(C)C[C@@H]1C(=O)N[C@H](C2Cc3ccccc3C2)C(=O)N1[C@@H](C(=O)N(C)CCO)c1ccc(F)cc1F. The van der Waals surface area contributed by atoms with Crippen LogP contribution in [0.5, 0.6) is 0 Å². The number of aliphatic hydroxyl groups is 1. The maximum absolute atomic E-state index is 15.2. The standard InChI is InChI=1S/C28H33F2N3O4/c1-16(2)12-23-26(35)31-24(19-13-17-6-4-5-7-18(17)14-19)27(36)33(23)25(28(37)32(3)10-11-34)21-9-8-20(29)15-22(21)30/h4-9,15-16,19,23-25,34H,10-14H2,1-3H3,(H,31,35)/t23-,24-,25-/m1/s1. The van der Waals surface area contributed by atoms with E-state index in [2.05, 4.69) is 5.32 Å². The van der Waals surface area contributed by atoms with Crippen LogP contribution in [0.25, 0.3) is 0 Å². The Kier molecular flexibility index (Phi) is 7.92. The Balaban J connectivity index is 1.79. The molecule has 37 heavy (non-hydrogen) atoms. The Morgan fingerprint density at radius 2 is 1.78 bits per heavy atom. The van der Waals surface area contributed by atoms with E-state index in [0.717, 1.165) is 23.3 Å². The fraction of sp³-hybridized carbons (Fsp3) is 0.464. The molecule has 1 aliphatic carbocycles. The van der Waals surface area contributed by atoms with Gasteiger partial charge in [0.2, 0.25) is 17.7 Å². The number of likely N-dealkylation sites (N-methyl/N-ethyl adjacent to an activating group) is 1. The van der Waals surface area contributed by atoms with Gasteiger partial charge in [0.1, 0.15) is 29.8 Å². The van der Waals surface area contributed by atoms with Crippen molar-refractivity contribution in [2.45, 2.75) is 51.2 Å². The smallest absolute Gasteiger partial charge is 0.249 e. The van der Waals surface area contributed by atoms with E-state index in [0.29, 0.717) is 18.9 Å². The van der Waals surface area contributed by atoms with Gasteiger partial charge in [0.25, 0.3) is 0 Å². The predicted octanol–water partition coefficient (Wildman–Crippen LogP) is 2.61. The average Bonchev–Trinajstić information content (AvgIpc) is 3.28. The lowest BCUT2D eigenvalue weighted by Gasteiger charge is -2.45. The number of aliphatic hydroxyl groups excluding tert-OH is 1. The Morgan fingerprint density at radius 1 is 1.14 bits per heavy atom. The number of benzene rings is 2. The number of carbonyl (C=O) groups excluding carboxylic acids is 3. The first-order valence-corrected chi connectivity index (χ1v) is 12.6. The minimum absolute atomic E-state index is 0.0117. The highest BCUT2D eigenvalue weighted by molar-refractivity contribution is 6.00. The largest absolute Gasteiger partial charge is 0.395 e. The van der Waals surface area contributed by atoms with Crippen LogP contribution in [0.3, 0.4) is 0 Å². The monoisotopic (exact) mass is 513 g/mol. The molecule has 0 bridgehead atoms. The zero-order valence-electron chi connectivity index (χ0n) is 21.3. The second kappa shape index (κ2) is 11.0. The van der Waals surface area contributed by atoms with Crippen LogP contribution >= 0.6 is 0 Å². The number of amides is 3. The summed E-state index contributed by atoms with van der Waals surface area (Å²) in [5, 5.41) is 12.3. The normalized spacial score (nSPS) is 20.7. The molecule has 4 rings (SSSR count). The lowest BCUT2D eigenvalue weighted by Crippen LogP contribution is -2.67. The van der Waals surface area contributed by atoms with E-state index in [1.165, 1.54) is 16.8 Å². The summed E-state index contributed by atoms with van der Waals surface area (Å²) in [5.74, 6) is -3.57. The molecule has 0 unspecified atom stereocenters. The third-order valence-electron chi connectivity index (χ3n) is 7.29. The lowest BCUT2D eigenvalue weighted by atomic mass is 9.87. The molecule has 2 N–H and O–H groups in total. The fourth-order valence-corrected chi connectivity index (χ4v) is 5.47. The zero-order valence-corrected chi connectivity index (χ0v) is 21.3. The summed E-state index contributed by atoms with van der Waals surface area (Å²) in [4.78, 5) is 43.8. The quantitative estimate of drug-likeness (QED) is 0.568. The van der Waals surface area contributed by atoms with E-state index in [1.807, 2.05) is 38.1 Å². The molecule has 2 aromatic rings. The van der Waals surface area contributed by atoms with Crippen molar-refractivity contribution in [1.29, 1.82) is 0 Å². The molecule has 198 valence electrons. The van der Waals surface area contributed by atoms with Crippen molar-refractivity contribution in [2.24, 2.45) is 11.8 Å². The van der Waals surface area contributed by atoms with Gasteiger partial charge in [-0.1, -0.05) is 44.2 Å². The minimum atomic E-state index is -1.49. The summed E-state index contributed by atoms with van der Waals surface area (Å²) in [6, 6.07) is 7.27.